The molecule has 1 unspecified atom stereocenters. The van der Waals surface area contributed by atoms with Gasteiger partial charge in [-0.25, -0.2) is 0 Å². The molecule has 1 N–H and O–H groups in total. The highest BCUT2D eigenvalue weighted by Gasteiger charge is 2.18. The van der Waals surface area contributed by atoms with Crippen molar-refractivity contribution in [3.63, 3.8) is 0 Å². The third-order valence-electron chi connectivity index (χ3n) is 2.50. The van der Waals surface area contributed by atoms with E-state index in [4.69, 9.17) is 4.52 Å². The number of hydrogen-bond acceptors (Lipinski definition) is 4. The molecule has 0 amide bonds. The molecule has 1 atom stereocenters. The molecule has 0 bridgehead atoms. The van der Waals surface area contributed by atoms with E-state index in [1.807, 2.05) is 6.07 Å². The molecule has 4 heteroatoms. The second kappa shape index (κ2) is 3.89. The molecule has 0 radical (unpaired) electrons. The number of nitrogens with one attached hydrogen (secondary N) is 1. The smallest absolute Gasteiger partial charge is 0.124 e. The Bertz CT molecular complexity index is 247. The number of hydrogen-bond donors (Lipinski definition) is 1. The van der Waals surface area contributed by atoms with Gasteiger partial charge in [-0.3, -0.25) is 4.90 Å². The summed E-state index contributed by atoms with van der Waals surface area (Å²) in [5.74, 6) is 0. The van der Waals surface area contributed by atoms with Crippen molar-refractivity contribution in [1.82, 2.24) is 15.4 Å². The van der Waals surface area contributed by atoms with Crippen LogP contribution in [0.2, 0.25) is 0 Å². The zero-order valence-electron chi connectivity index (χ0n) is 7.86. The van der Waals surface area contributed by atoms with Gasteiger partial charge in [0, 0.05) is 38.3 Å². The van der Waals surface area contributed by atoms with Gasteiger partial charge in [-0.05, 0) is 6.92 Å². The summed E-state index contributed by atoms with van der Waals surface area (Å²) in [5.41, 5.74) is 1.02. The van der Waals surface area contributed by atoms with Crippen molar-refractivity contribution < 1.29 is 4.52 Å². The Morgan fingerprint density at radius 1 is 1.77 bits per heavy atom. The predicted octanol–water partition coefficient (Wildman–Crippen LogP) is 0.468. The lowest BCUT2D eigenvalue weighted by atomic mass is 10.2. The van der Waals surface area contributed by atoms with Gasteiger partial charge in [-0.2, -0.15) is 0 Å². The molecular formula is C9H15N3O. The molecule has 0 aliphatic carbocycles. The SMILES string of the molecule is CC1CNCCN1Cc1ccon1. The monoisotopic (exact) mass is 181 g/mol. The minimum absolute atomic E-state index is 0.588. The van der Waals surface area contributed by atoms with Gasteiger partial charge in [0.1, 0.15) is 6.26 Å². The third kappa shape index (κ3) is 2.08. The first-order chi connectivity index (χ1) is 6.36. The normalized spacial score (nSPS) is 24.8. The maximum atomic E-state index is 4.80. The Morgan fingerprint density at radius 2 is 2.69 bits per heavy atom. The molecule has 2 heterocycles. The average molecular weight is 181 g/mol. The maximum absolute atomic E-state index is 4.80. The molecule has 1 aromatic heterocycles. The molecule has 1 aliphatic heterocycles. The number of aromatic nitrogens is 1. The van der Waals surface area contributed by atoms with E-state index in [1.54, 1.807) is 6.26 Å². The summed E-state index contributed by atoms with van der Waals surface area (Å²) < 4.78 is 4.80. The van der Waals surface area contributed by atoms with Crippen LogP contribution in [0.4, 0.5) is 0 Å². The maximum Gasteiger partial charge on any atom is 0.124 e. The molecule has 0 saturated carbocycles. The Labute approximate surface area is 77.9 Å². The van der Waals surface area contributed by atoms with Crippen LogP contribution in [0.25, 0.3) is 0 Å². The van der Waals surface area contributed by atoms with Crippen molar-refractivity contribution in [2.45, 2.75) is 19.5 Å². The van der Waals surface area contributed by atoms with E-state index in [0.29, 0.717) is 6.04 Å². The first-order valence-corrected chi connectivity index (χ1v) is 4.70. The molecule has 0 aromatic carbocycles. The zero-order chi connectivity index (χ0) is 9.10. The summed E-state index contributed by atoms with van der Waals surface area (Å²) in [4.78, 5) is 2.41. The molecule has 1 saturated heterocycles. The summed E-state index contributed by atoms with van der Waals surface area (Å²) in [6.07, 6.45) is 1.63. The van der Waals surface area contributed by atoms with E-state index in [-0.39, 0.29) is 0 Å². The summed E-state index contributed by atoms with van der Waals surface area (Å²) >= 11 is 0. The fourth-order valence-electron chi connectivity index (χ4n) is 1.65. The lowest BCUT2D eigenvalue weighted by Gasteiger charge is -2.33. The summed E-state index contributed by atoms with van der Waals surface area (Å²) in [6, 6.07) is 2.51. The Balaban J connectivity index is 1.93. The van der Waals surface area contributed by atoms with Gasteiger partial charge in [0.25, 0.3) is 0 Å². The summed E-state index contributed by atoms with van der Waals surface area (Å²) in [6.45, 7) is 6.36. The minimum atomic E-state index is 0.588. The fourth-order valence-corrected chi connectivity index (χ4v) is 1.65. The van der Waals surface area contributed by atoms with Crippen LogP contribution >= 0.6 is 0 Å². The van der Waals surface area contributed by atoms with E-state index in [9.17, 15) is 0 Å². The number of piperazine rings is 1. The molecule has 72 valence electrons. The Hall–Kier alpha value is -0.870. The van der Waals surface area contributed by atoms with Crippen LogP contribution < -0.4 is 5.32 Å². The number of rotatable bonds is 2. The van der Waals surface area contributed by atoms with E-state index in [2.05, 4.69) is 22.3 Å². The highest BCUT2D eigenvalue weighted by Crippen LogP contribution is 2.07. The van der Waals surface area contributed by atoms with Crippen molar-refractivity contribution in [2.24, 2.45) is 0 Å². The van der Waals surface area contributed by atoms with E-state index < -0.39 is 0 Å². The molecule has 4 nitrogen and oxygen atoms in total. The zero-order valence-corrected chi connectivity index (χ0v) is 7.86. The van der Waals surface area contributed by atoms with Crippen molar-refractivity contribution in [1.29, 1.82) is 0 Å². The van der Waals surface area contributed by atoms with Crippen molar-refractivity contribution in [2.75, 3.05) is 19.6 Å². The second-order valence-electron chi connectivity index (χ2n) is 3.51. The molecule has 0 spiro atoms. The van der Waals surface area contributed by atoms with Gasteiger partial charge < -0.3 is 9.84 Å². The molecule has 2 rings (SSSR count). The van der Waals surface area contributed by atoms with Crippen LogP contribution in [0.15, 0.2) is 16.9 Å². The van der Waals surface area contributed by atoms with Crippen LogP contribution in [0.5, 0.6) is 0 Å². The Morgan fingerprint density at radius 3 is 3.38 bits per heavy atom. The lowest BCUT2D eigenvalue weighted by Crippen LogP contribution is -2.49. The highest BCUT2D eigenvalue weighted by atomic mass is 16.5. The average Bonchev–Trinajstić information content (AvgIpc) is 2.61. The highest BCUT2D eigenvalue weighted by molar-refractivity contribution is 4.96. The van der Waals surface area contributed by atoms with Crippen LogP contribution in [0, 0.1) is 0 Å². The molecular weight excluding hydrogens is 166 g/mol. The van der Waals surface area contributed by atoms with Gasteiger partial charge in [0.2, 0.25) is 0 Å². The van der Waals surface area contributed by atoms with Crippen LogP contribution in [-0.4, -0.2) is 35.7 Å². The minimum Gasteiger partial charge on any atom is -0.364 e. The second-order valence-corrected chi connectivity index (χ2v) is 3.51. The molecule has 1 aromatic rings. The predicted molar refractivity (Wildman–Crippen MR) is 49.2 cm³/mol. The largest absolute Gasteiger partial charge is 0.364 e. The molecule has 1 fully saturated rings. The van der Waals surface area contributed by atoms with E-state index in [0.717, 1.165) is 31.9 Å². The van der Waals surface area contributed by atoms with Crippen molar-refractivity contribution in [3.8, 4) is 0 Å². The van der Waals surface area contributed by atoms with Gasteiger partial charge in [0.05, 0.1) is 5.69 Å². The quantitative estimate of drug-likeness (QED) is 0.720. The van der Waals surface area contributed by atoms with Gasteiger partial charge in [-0.15, -0.1) is 0 Å². The van der Waals surface area contributed by atoms with Gasteiger partial charge >= 0.3 is 0 Å². The van der Waals surface area contributed by atoms with Crippen LogP contribution in [0.1, 0.15) is 12.6 Å². The van der Waals surface area contributed by atoms with Gasteiger partial charge in [0.15, 0.2) is 0 Å². The van der Waals surface area contributed by atoms with Crippen molar-refractivity contribution in [3.05, 3.63) is 18.0 Å². The van der Waals surface area contributed by atoms with E-state index in [1.165, 1.54) is 0 Å². The summed E-state index contributed by atoms with van der Waals surface area (Å²) in [7, 11) is 0. The standard InChI is InChI=1S/C9H15N3O/c1-8-6-10-3-4-12(8)7-9-2-5-13-11-9/h2,5,8,10H,3-4,6-7H2,1H3. The lowest BCUT2D eigenvalue weighted by molar-refractivity contribution is 0.161. The first kappa shape index (κ1) is 8.72. The molecule has 1 aliphatic rings. The number of nitrogens with zero attached hydrogens (tertiary/aromatic N) is 2. The van der Waals surface area contributed by atoms with Crippen molar-refractivity contribution >= 4 is 0 Å². The van der Waals surface area contributed by atoms with Crippen LogP contribution in [-0.2, 0) is 6.54 Å². The van der Waals surface area contributed by atoms with Crippen LogP contribution in [0.3, 0.4) is 0 Å². The first-order valence-electron chi connectivity index (χ1n) is 4.70. The Kier molecular flexibility index (Phi) is 2.61. The summed E-state index contributed by atoms with van der Waals surface area (Å²) in [5, 5.41) is 7.27. The molecule has 13 heavy (non-hydrogen) atoms. The fraction of sp³-hybridized carbons (Fsp3) is 0.667. The third-order valence-corrected chi connectivity index (χ3v) is 2.50. The van der Waals surface area contributed by atoms with Gasteiger partial charge in [-0.1, -0.05) is 5.16 Å². The van der Waals surface area contributed by atoms with E-state index >= 15 is 0 Å². The topological polar surface area (TPSA) is 41.3 Å².